The van der Waals surface area contributed by atoms with Crippen LogP contribution in [0.2, 0.25) is 0 Å². The van der Waals surface area contributed by atoms with E-state index in [9.17, 15) is 9.90 Å². The third-order valence-corrected chi connectivity index (χ3v) is 8.73. The maximum absolute atomic E-state index is 11.9. The van der Waals surface area contributed by atoms with Gasteiger partial charge < -0.3 is 24.0 Å². The lowest BCUT2D eigenvalue weighted by Gasteiger charge is -2.24. The van der Waals surface area contributed by atoms with Gasteiger partial charge in [-0.2, -0.15) is 0 Å². The van der Waals surface area contributed by atoms with E-state index >= 15 is 0 Å². The predicted molar refractivity (Wildman–Crippen MR) is 146 cm³/mol. The molecular weight excluding hydrogens is 464 g/mol. The van der Waals surface area contributed by atoms with Crippen molar-refractivity contribution < 1.29 is 19.4 Å². The lowest BCUT2D eigenvalue weighted by molar-refractivity contribution is 0.0325. The lowest BCUT2D eigenvalue weighted by Crippen LogP contribution is -2.28. The van der Waals surface area contributed by atoms with Crippen LogP contribution in [0.15, 0.2) is 36.4 Å². The van der Waals surface area contributed by atoms with E-state index in [0.29, 0.717) is 18.1 Å². The minimum atomic E-state index is -0.881. The number of fused-ring (bicyclic) bond motifs is 5. The van der Waals surface area contributed by atoms with Crippen LogP contribution in [0.4, 0.5) is 0 Å². The molecule has 1 aromatic heterocycles. The number of aromatic nitrogens is 1. The number of carbonyl (C=O) groups is 1. The Labute approximate surface area is 219 Å². The van der Waals surface area contributed by atoms with Crippen molar-refractivity contribution in [3.05, 3.63) is 53.1 Å². The van der Waals surface area contributed by atoms with Gasteiger partial charge in [-0.1, -0.05) is 25.3 Å². The van der Waals surface area contributed by atoms with Crippen molar-refractivity contribution in [2.45, 2.75) is 69.9 Å². The highest BCUT2D eigenvalue weighted by Crippen LogP contribution is 2.46. The number of ether oxygens (including phenoxy) is 2. The molecule has 1 atom stereocenters. The summed E-state index contributed by atoms with van der Waals surface area (Å²) in [5.41, 5.74) is 6.51. The largest absolute Gasteiger partial charge is 0.497 e. The summed E-state index contributed by atoms with van der Waals surface area (Å²) < 4.78 is 14.6. The number of nitrogens with zero attached hydrogens (tertiary/aromatic N) is 2. The van der Waals surface area contributed by atoms with Gasteiger partial charge in [0.05, 0.1) is 31.1 Å². The molecule has 2 fully saturated rings. The second kappa shape index (κ2) is 10.5. The molecular formula is C31H38N2O4. The smallest absolute Gasteiger partial charge is 0.335 e. The average Bonchev–Trinajstić information content (AvgIpc) is 3.51. The zero-order valence-corrected chi connectivity index (χ0v) is 21.9. The maximum atomic E-state index is 11.9. The highest BCUT2D eigenvalue weighted by Gasteiger charge is 2.31. The van der Waals surface area contributed by atoms with Gasteiger partial charge >= 0.3 is 5.97 Å². The van der Waals surface area contributed by atoms with E-state index in [1.165, 1.54) is 85.8 Å². The van der Waals surface area contributed by atoms with E-state index in [1.54, 1.807) is 13.2 Å². The Morgan fingerprint density at radius 1 is 1.03 bits per heavy atom. The van der Waals surface area contributed by atoms with Gasteiger partial charge in [-0.25, -0.2) is 4.79 Å². The zero-order valence-electron chi connectivity index (χ0n) is 21.9. The van der Waals surface area contributed by atoms with E-state index < -0.39 is 5.97 Å². The fraction of sp³-hybridized carbons (Fsp3) is 0.516. The summed E-state index contributed by atoms with van der Waals surface area (Å²) >= 11 is 0. The number of carboxylic acids is 1. The molecule has 1 unspecified atom stereocenters. The summed E-state index contributed by atoms with van der Waals surface area (Å²) in [5.74, 6) is 0.478. The molecule has 0 radical (unpaired) electrons. The molecule has 6 rings (SSSR count). The Bertz CT molecular complexity index is 1280. The number of carboxylic acid groups (broad SMARTS) is 1. The van der Waals surface area contributed by atoms with E-state index in [-0.39, 0.29) is 6.10 Å². The molecule has 2 aliphatic heterocycles. The van der Waals surface area contributed by atoms with Gasteiger partial charge in [0, 0.05) is 36.0 Å². The summed E-state index contributed by atoms with van der Waals surface area (Å²) in [4.78, 5) is 14.4. The van der Waals surface area contributed by atoms with E-state index in [2.05, 4.69) is 33.7 Å². The molecule has 1 aliphatic carbocycles. The molecule has 3 aliphatic rings. The zero-order chi connectivity index (χ0) is 25.4. The second-order valence-electron chi connectivity index (χ2n) is 11.0. The molecule has 0 bridgehead atoms. The van der Waals surface area contributed by atoms with Crippen LogP contribution in [0.1, 0.15) is 72.3 Å². The fourth-order valence-corrected chi connectivity index (χ4v) is 6.87. The van der Waals surface area contributed by atoms with E-state index in [0.717, 1.165) is 30.8 Å². The normalized spacial score (nSPS) is 20.5. The number of likely N-dealkylation sites (tertiary alicyclic amines) is 1. The first-order valence-corrected chi connectivity index (χ1v) is 14.0. The first kappa shape index (κ1) is 24.5. The second-order valence-corrected chi connectivity index (χ2v) is 11.0. The van der Waals surface area contributed by atoms with Crippen LogP contribution in [0.25, 0.3) is 22.2 Å². The topological polar surface area (TPSA) is 63.9 Å². The fourth-order valence-electron chi connectivity index (χ4n) is 6.87. The summed E-state index contributed by atoms with van der Waals surface area (Å²) in [6, 6.07) is 12.1. The van der Waals surface area contributed by atoms with Crippen molar-refractivity contribution in [2.24, 2.45) is 0 Å². The van der Waals surface area contributed by atoms with Crippen molar-refractivity contribution >= 4 is 16.9 Å². The van der Waals surface area contributed by atoms with Crippen LogP contribution < -0.4 is 4.74 Å². The van der Waals surface area contributed by atoms with Crippen molar-refractivity contribution in [3.8, 4) is 17.0 Å². The van der Waals surface area contributed by atoms with E-state index in [4.69, 9.17) is 9.47 Å². The van der Waals surface area contributed by atoms with Gasteiger partial charge in [0.1, 0.15) is 5.75 Å². The molecule has 196 valence electrons. The number of benzene rings is 2. The van der Waals surface area contributed by atoms with Gasteiger partial charge in [-0.15, -0.1) is 0 Å². The lowest BCUT2D eigenvalue weighted by atomic mass is 9.81. The van der Waals surface area contributed by atoms with Crippen molar-refractivity contribution in [1.82, 2.24) is 9.47 Å². The molecule has 2 aromatic carbocycles. The molecule has 0 spiro atoms. The molecule has 1 N–H and O–H groups in total. The quantitative estimate of drug-likeness (QED) is 0.423. The summed E-state index contributed by atoms with van der Waals surface area (Å²) in [5, 5.41) is 11.0. The number of methoxy groups -OCH3 is 1. The Balaban J connectivity index is 1.47. The minimum Gasteiger partial charge on any atom is -0.497 e. The van der Waals surface area contributed by atoms with Gasteiger partial charge in [0.25, 0.3) is 0 Å². The third kappa shape index (κ3) is 4.77. The Hall–Kier alpha value is -2.83. The van der Waals surface area contributed by atoms with Gasteiger partial charge in [-0.05, 0) is 86.1 Å². The first-order valence-electron chi connectivity index (χ1n) is 14.0. The molecule has 6 nitrogen and oxygen atoms in total. The predicted octanol–water partition coefficient (Wildman–Crippen LogP) is 6.10. The van der Waals surface area contributed by atoms with Crippen molar-refractivity contribution in [2.75, 3.05) is 33.4 Å². The maximum Gasteiger partial charge on any atom is 0.335 e. The molecule has 1 saturated heterocycles. The Morgan fingerprint density at radius 2 is 1.84 bits per heavy atom. The monoisotopic (exact) mass is 502 g/mol. The molecule has 3 aromatic rings. The molecule has 1 saturated carbocycles. The van der Waals surface area contributed by atoms with Gasteiger partial charge in [-0.3, -0.25) is 0 Å². The van der Waals surface area contributed by atoms with Gasteiger partial charge in [0.2, 0.25) is 0 Å². The van der Waals surface area contributed by atoms with Crippen molar-refractivity contribution in [1.29, 1.82) is 0 Å². The summed E-state index contributed by atoms with van der Waals surface area (Å²) in [6.45, 7) is 4.75. The SMILES string of the molecule is COc1ccc2c(c1)CC(OCCN1CCCC1)Cn1c-2c(C2CCCCC2)c2ccc(C(=O)O)cc21. The third-order valence-electron chi connectivity index (χ3n) is 8.73. The van der Waals surface area contributed by atoms with Crippen molar-refractivity contribution in [3.63, 3.8) is 0 Å². The molecule has 0 amide bonds. The molecule has 3 heterocycles. The van der Waals surface area contributed by atoms with E-state index in [1.807, 2.05) is 6.07 Å². The highest BCUT2D eigenvalue weighted by molar-refractivity contribution is 5.98. The van der Waals surface area contributed by atoms with Crippen LogP contribution in [0.5, 0.6) is 5.75 Å². The van der Waals surface area contributed by atoms with Gasteiger partial charge in [0.15, 0.2) is 0 Å². The van der Waals surface area contributed by atoms with Crippen LogP contribution in [0, 0.1) is 0 Å². The number of hydrogen-bond acceptors (Lipinski definition) is 4. The minimum absolute atomic E-state index is 0.0120. The summed E-state index contributed by atoms with van der Waals surface area (Å²) in [6.07, 6.45) is 9.58. The first-order chi connectivity index (χ1) is 18.1. The number of hydrogen-bond donors (Lipinski definition) is 1. The van der Waals surface area contributed by atoms with Crippen LogP contribution >= 0.6 is 0 Å². The Morgan fingerprint density at radius 3 is 2.59 bits per heavy atom. The highest BCUT2D eigenvalue weighted by atomic mass is 16.5. The summed E-state index contributed by atoms with van der Waals surface area (Å²) in [7, 11) is 1.72. The standard InChI is InChI=1S/C31H38N2O4/c1-36-24-10-12-26-23(17-24)18-25(37-16-15-32-13-5-6-14-32)20-33-28-19-22(31(34)35)9-11-27(28)29(30(26)33)21-7-3-2-4-8-21/h9-12,17,19,21,25H,2-8,13-16,18,20H2,1H3,(H,34,35). The Kier molecular flexibility index (Phi) is 6.96. The number of aromatic carboxylic acids is 1. The van der Waals surface area contributed by atoms with Crippen LogP contribution in [-0.4, -0.2) is 60.0 Å². The number of rotatable bonds is 7. The van der Waals surface area contributed by atoms with Crippen LogP contribution in [0.3, 0.4) is 0 Å². The molecule has 37 heavy (non-hydrogen) atoms. The van der Waals surface area contributed by atoms with Crippen LogP contribution in [-0.2, 0) is 17.7 Å². The average molecular weight is 503 g/mol. The molecule has 6 heteroatoms.